The average molecular weight is 210 g/mol. The largest absolute Gasteiger partial charge is 0.314 e. The highest BCUT2D eigenvalue weighted by atomic mass is 32.1. The zero-order valence-corrected chi connectivity index (χ0v) is 10.3. The lowest BCUT2D eigenvalue weighted by Gasteiger charge is -2.09. The third-order valence-electron chi connectivity index (χ3n) is 2.41. The Kier molecular flexibility index (Phi) is 3.84. The maximum Gasteiger partial charge on any atom is 0.0903 e. The van der Waals surface area contributed by atoms with E-state index in [1.165, 1.54) is 10.5 Å². The first-order valence-corrected chi connectivity index (χ1v) is 5.65. The molecule has 0 aliphatic carbocycles. The third-order valence-corrected chi connectivity index (χ3v) is 3.43. The third kappa shape index (κ3) is 2.66. The molecule has 0 aromatic carbocycles. The van der Waals surface area contributed by atoms with Crippen molar-refractivity contribution in [3.63, 3.8) is 0 Å². The van der Waals surface area contributed by atoms with E-state index in [1.54, 1.807) is 11.3 Å². The van der Waals surface area contributed by atoms with E-state index in [9.17, 15) is 0 Å². The summed E-state index contributed by atoms with van der Waals surface area (Å²) in [6.45, 7) is 8.42. The summed E-state index contributed by atoms with van der Waals surface area (Å²) in [6, 6.07) is 0.428. The van der Waals surface area contributed by atoms with Gasteiger partial charge in [0.2, 0.25) is 0 Å². The normalized spacial score (nSPS) is 14.5. The topological polar surface area (TPSA) is 24.9 Å². The van der Waals surface area contributed by atoms with Crippen LogP contribution in [0.25, 0.3) is 6.08 Å². The van der Waals surface area contributed by atoms with Crippen LogP contribution in [-0.2, 0) is 0 Å². The van der Waals surface area contributed by atoms with E-state index in [2.05, 4.69) is 37.1 Å². The molecule has 1 N–H and O–H groups in total. The molecule has 1 unspecified atom stereocenters. The van der Waals surface area contributed by atoms with Crippen LogP contribution in [0.3, 0.4) is 0 Å². The van der Waals surface area contributed by atoms with Gasteiger partial charge in [0.05, 0.1) is 15.6 Å². The smallest absolute Gasteiger partial charge is 0.0903 e. The minimum absolute atomic E-state index is 0.428. The number of aromatic nitrogens is 1. The van der Waals surface area contributed by atoms with Crippen LogP contribution in [0.1, 0.15) is 29.4 Å². The molecular formula is C11H18N2S. The van der Waals surface area contributed by atoms with Crippen LogP contribution in [0, 0.1) is 13.8 Å². The van der Waals surface area contributed by atoms with Gasteiger partial charge in [-0.25, -0.2) is 4.98 Å². The summed E-state index contributed by atoms with van der Waals surface area (Å²) < 4.78 is 0. The van der Waals surface area contributed by atoms with E-state index in [0.29, 0.717) is 6.04 Å². The Labute approximate surface area is 90.1 Å². The number of nitrogens with zero attached hydrogens (tertiary/aromatic N) is 1. The fraction of sp³-hybridized carbons (Fsp3) is 0.545. The summed E-state index contributed by atoms with van der Waals surface area (Å²) in [5.74, 6) is 0. The Hall–Kier alpha value is -0.670. The summed E-state index contributed by atoms with van der Waals surface area (Å²) >= 11 is 1.76. The van der Waals surface area contributed by atoms with Gasteiger partial charge in [-0.05, 0) is 40.8 Å². The van der Waals surface area contributed by atoms with E-state index in [4.69, 9.17) is 0 Å². The predicted molar refractivity (Wildman–Crippen MR) is 63.8 cm³/mol. The standard InChI is InChI=1S/C11H18N2S/c1-7(8(2)12-5)6-11-9(3)13-10(4)14-11/h6,8,12H,1-5H3. The van der Waals surface area contributed by atoms with Gasteiger partial charge in [-0.15, -0.1) is 11.3 Å². The second-order valence-corrected chi connectivity index (χ2v) is 4.82. The molecule has 2 nitrogen and oxygen atoms in total. The molecule has 1 heterocycles. The first-order valence-electron chi connectivity index (χ1n) is 4.84. The van der Waals surface area contributed by atoms with Crippen molar-refractivity contribution in [3.05, 3.63) is 21.2 Å². The van der Waals surface area contributed by atoms with Crippen molar-refractivity contribution in [3.8, 4) is 0 Å². The Balaban J connectivity index is 2.91. The monoisotopic (exact) mass is 210 g/mol. The van der Waals surface area contributed by atoms with Crippen LogP contribution in [0.5, 0.6) is 0 Å². The summed E-state index contributed by atoms with van der Waals surface area (Å²) in [7, 11) is 1.98. The van der Waals surface area contributed by atoms with Gasteiger partial charge in [0.25, 0.3) is 0 Å². The molecule has 78 valence electrons. The van der Waals surface area contributed by atoms with E-state index in [0.717, 1.165) is 10.7 Å². The molecule has 0 radical (unpaired) electrons. The lowest BCUT2D eigenvalue weighted by molar-refractivity contribution is 0.696. The predicted octanol–water partition coefficient (Wildman–Crippen LogP) is 2.77. The van der Waals surface area contributed by atoms with Crippen molar-refractivity contribution in [1.82, 2.24) is 10.3 Å². The zero-order chi connectivity index (χ0) is 10.7. The Morgan fingerprint density at radius 2 is 2.14 bits per heavy atom. The van der Waals surface area contributed by atoms with Crippen LogP contribution in [0.2, 0.25) is 0 Å². The van der Waals surface area contributed by atoms with Gasteiger partial charge in [-0.3, -0.25) is 0 Å². The summed E-state index contributed by atoms with van der Waals surface area (Å²) in [4.78, 5) is 5.68. The highest BCUT2D eigenvalue weighted by Crippen LogP contribution is 2.20. The van der Waals surface area contributed by atoms with Gasteiger partial charge in [0.15, 0.2) is 0 Å². The average Bonchev–Trinajstić information content (AvgIpc) is 2.44. The van der Waals surface area contributed by atoms with Crippen molar-refractivity contribution in [2.75, 3.05) is 7.05 Å². The lowest BCUT2D eigenvalue weighted by atomic mass is 10.1. The van der Waals surface area contributed by atoms with Crippen LogP contribution in [0.15, 0.2) is 5.57 Å². The fourth-order valence-electron chi connectivity index (χ4n) is 1.24. The molecule has 0 aliphatic heterocycles. The number of hydrogen-bond acceptors (Lipinski definition) is 3. The quantitative estimate of drug-likeness (QED) is 0.830. The second-order valence-electron chi connectivity index (χ2n) is 3.58. The molecule has 0 aliphatic rings. The minimum Gasteiger partial charge on any atom is -0.314 e. The van der Waals surface area contributed by atoms with Gasteiger partial charge >= 0.3 is 0 Å². The molecule has 1 aromatic rings. The van der Waals surface area contributed by atoms with E-state index >= 15 is 0 Å². The molecule has 14 heavy (non-hydrogen) atoms. The molecule has 0 fully saturated rings. The van der Waals surface area contributed by atoms with Crippen molar-refractivity contribution in [2.45, 2.75) is 33.7 Å². The summed E-state index contributed by atoms with van der Waals surface area (Å²) in [6.07, 6.45) is 2.22. The number of rotatable bonds is 3. The Morgan fingerprint density at radius 3 is 2.57 bits per heavy atom. The summed E-state index contributed by atoms with van der Waals surface area (Å²) in [5.41, 5.74) is 2.48. The Bertz CT molecular complexity index is 339. The molecule has 0 saturated carbocycles. The first-order chi connectivity index (χ1) is 6.54. The first kappa shape index (κ1) is 11.4. The van der Waals surface area contributed by atoms with Crippen molar-refractivity contribution >= 4 is 17.4 Å². The van der Waals surface area contributed by atoms with Gasteiger partial charge in [-0.1, -0.05) is 5.57 Å². The molecule has 3 heteroatoms. The van der Waals surface area contributed by atoms with Gasteiger partial charge in [-0.2, -0.15) is 0 Å². The molecule has 0 bridgehead atoms. The molecular weight excluding hydrogens is 192 g/mol. The van der Waals surface area contributed by atoms with Crippen molar-refractivity contribution in [1.29, 1.82) is 0 Å². The second kappa shape index (κ2) is 4.71. The molecule has 0 amide bonds. The molecule has 1 aromatic heterocycles. The highest BCUT2D eigenvalue weighted by Gasteiger charge is 2.05. The lowest BCUT2D eigenvalue weighted by Crippen LogP contribution is -2.21. The molecule has 0 spiro atoms. The molecule has 1 rings (SSSR count). The molecule has 0 saturated heterocycles. The van der Waals surface area contributed by atoms with Gasteiger partial charge in [0.1, 0.15) is 0 Å². The van der Waals surface area contributed by atoms with Gasteiger partial charge < -0.3 is 5.32 Å². The summed E-state index contributed by atoms with van der Waals surface area (Å²) in [5, 5.41) is 4.36. The fourth-order valence-corrected chi connectivity index (χ4v) is 2.18. The minimum atomic E-state index is 0.428. The van der Waals surface area contributed by atoms with E-state index in [-0.39, 0.29) is 0 Å². The highest BCUT2D eigenvalue weighted by molar-refractivity contribution is 7.12. The maximum absolute atomic E-state index is 4.40. The Morgan fingerprint density at radius 1 is 1.50 bits per heavy atom. The van der Waals surface area contributed by atoms with Crippen LogP contribution in [-0.4, -0.2) is 18.1 Å². The maximum atomic E-state index is 4.40. The number of likely N-dealkylation sites (N-methyl/N-ethyl adjacent to an activating group) is 1. The van der Waals surface area contributed by atoms with Crippen LogP contribution in [0.4, 0.5) is 0 Å². The molecule has 1 atom stereocenters. The number of nitrogens with one attached hydrogen (secondary N) is 1. The number of thiazole rings is 1. The van der Waals surface area contributed by atoms with E-state index in [1.807, 2.05) is 14.0 Å². The SMILES string of the molecule is CNC(C)C(C)=Cc1sc(C)nc1C. The van der Waals surface area contributed by atoms with E-state index < -0.39 is 0 Å². The van der Waals surface area contributed by atoms with Crippen molar-refractivity contribution < 1.29 is 0 Å². The van der Waals surface area contributed by atoms with Crippen LogP contribution >= 0.6 is 11.3 Å². The van der Waals surface area contributed by atoms with Crippen molar-refractivity contribution in [2.24, 2.45) is 0 Å². The number of aryl methyl sites for hydroxylation is 2. The zero-order valence-electron chi connectivity index (χ0n) is 9.51. The van der Waals surface area contributed by atoms with Gasteiger partial charge in [0, 0.05) is 6.04 Å². The number of hydrogen-bond donors (Lipinski definition) is 1. The van der Waals surface area contributed by atoms with Crippen LogP contribution < -0.4 is 5.32 Å².